The van der Waals surface area contributed by atoms with E-state index in [9.17, 15) is 24.0 Å². The van der Waals surface area contributed by atoms with Crippen molar-refractivity contribution in [3.8, 4) is 11.5 Å². The Morgan fingerprint density at radius 3 is 2.06 bits per heavy atom. The van der Waals surface area contributed by atoms with Crippen molar-refractivity contribution in [1.29, 1.82) is 0 Å². The number of carbonyl (C=O) groups is 5. The molecule has 5 unspecified atom stereocenters. The lowest BCUT2D eigenvalue weighted by molar-refractivity contribution is -0.446. The van der Waals surface area contributed by atoms with Crippen LogP contribution >= 0.6 is 23.2 Å². The smallest absolute Gasteiger partial charge is 0.416 e. The summed E-state index contributed by atoms with van der Waals surface area (Å²) < 4.78 is 19.2. The van der Waals surface area contributed by atoms with Gasteiger partial charge in [0, 0.05) is 60.9 Å². The minimum atomic E-state index is -1.59. The van der Waals surface area contributed by atoms with Gasteiger partial charge in [-0.05, 0) is 72.1 Å². The van der Waals surface area contributed by atoms with E-state index in [1.807, 2.05) is 24.3 Å². The highest BCUT2D eigenvalue weighted by Gasteiger charge is 2.54. The largest absolute Gasteiger partial charge is 0.487 e. The number of H-pyrrole nitrogens is 1. The summed E-state index contributed by atoms with van der Waals surface area (Å²) in [6, 6.07) is 18.7. The van der Waals surface area contributed by atoms with E-state index in [1.54, 1.807) is 47.4 Å². The maximum Gasteiger partial charge on any atom is 0.416 e. The molecular weight excluding hydrogens is 889 g/mol. The molecule has 2 aromatic heterocycles. The number of aromatic nitrogens is 4. The van der Waals surface area contributed by atoms with Crippen molar-refractivity contribution in [2.75, 3.05) is 13.2 Å². The van der Waals surface area contributed by atoms with Crippen molar-refractivity contribution in [3.63, 3.8) is 0 Å². The monoisotopic (exact) mass is 927 g/mol. The van der Waals surface area contributed by atoms with Crippen LogP contribution in [-0.2, 0) is 76.0 Å². The quantitative estimate of drug-likeness (QED) is 0.0968. The molecule has 0 aliphatic carbocycles. The Hall–Kier alpha value is -6.33. The minimum absolute atomic E-state index is 0.123. The van der Waals surface area contributed by atoms with Crippen LogP contribution in [0, 0.1) is 0 Å². The molecule has 0 saturated carbocycles. The van der Waals surface area contributed by atoms with E-state index in [0.29, 0.717) is 34.5 Å². The SMILES string of the molecule is CC(=O)OOCC1OC(n2cc(COc3ccc([C@H]4c5[nH]c6ccc(Cl)cc6c5CCN4C(=O)Oc4ccc(Cl)cc4)cc3)nn2)C(OOC(C)=O)C(OOC(C)=O)C1OOC(C)=O. The molecule has 6 atom stereocenters. The van der Waals surface area contributed by atoms with Crippen molar-refractivity contribution < 1.29 is 77.3 Å². The zero-order valence-corrected chi connectivity index (χ0v) is 35.8. The van der Waals surface area contributed by atoms with Gasteiger partial charge in [0.1, 0.15) is 42.6 Å². The van der Waals surface area contributed by atoms with Gasteiger partial charge in [0.15, 0.2) is 24.5 Å². The number of amides is 1. The Balaban J connectivity index is 1.11. The summed E-state index contributed by atoms with van der Waals surface area (Å²) in [5.41, 5.74) is 3.74. The van der Waals surface area contributed by atoms with E-state index in [0.717, 1.165) is 60.1 Å². The van der Waals surface area contributed by atoms with Crippen LogP contribution in [0.1, 0.15) is 62.5 Å². The molecule has 0 bridgehead atoms. The number of carbonyl (C=O) groups excluding carboxylic acids is 5. The van der Waals surface area contributed by atoms with E-state index >= 15 is 0 Å². The summed E-state index contributed by atoms with van der Waals surface area (Å²) >= 11 is 12.4. The van der Waals surface area contributed by atoms with E-state index < -0.39 is 73.3 Å². The van der Waals surface area contributed by atoms with Crippen molar-refractivity contribution in [2.45, 2.75) is 77.4 Å². The summed E-state index contributed by atoms with van der Waals surface area (Å²) in [5, 5.41) is 10.4. The molecule has 1 fully saturated rings. The summed E-state index contributed by atoms with van der Waals surface area (Å²) in [4.78, 5) is 106. The predicted molar refractivity (Wildman–Crippen MR) is 215 cm³/mol. The number of ether oxygens (including phenoxy) is 3. The predicted octanol–water partition coefficient (Wildman–Crippen LogP) is 5.77. The fourth-order valence-corrected chi connectivity index (χ4v) is 7.30. The normalized spacial score (nSPS) is 20.5. The van der Waals surface area contributed by atoms with Crippen LogP contribution in [0.5, 0.6) is 11.5 Å². The third kappa shape index (κ3) is 11.1. The Morgan fingerprint density at radius 2 is 1.39 bits per heavy atom. The molecule has 7 rings (SSSR count). The van der Waals surface area contributed by atoms with E-state index in [-0.39, 0.29) is 12.3 Å². The molecule has 338 valence electrons. The Morgan fingerprint density at radius 1 is 0.766 bits per heavy atom. The maximum atomic E-state index is 13.8. The van der Waals surface area contributed by atoms with Crippen molar-refractivity contribution in [2.24, 2.45) is 0 Å². The summed E-state index contributed by atoms with van der Waals surface area (Å²) in [6.07, 6.45) is -6.01. The first kappa shape index (κ1) is 45.7. The fraction of sp³-hybridized carbons (Fsp3) is 0.341. The number of hydrogen-bond donors (Lipinski definition) is 1. The van der Waals surface area contributed by atoms with Crippen molar-refractivity contribution in [3.05, 3.63) is 105 Å². The molecule has 2 aliphatic rings. The Kier molecular flexibility index (Phi) is 14.6. The van der Waals surface area contributed by atoms with Crippen molar-refractivity contribution >= 4 is 64.1 Å². The first-order chi connectivity index (χ1) is 30.7. The number of fused-ring (bicyclic) bond motifs is 3. The first-order valence-corrected chi connectivity index (χ1v) is 20.1. The zero-order valence-electron chi connectivity index (χ0n) is 34.3. The van der Waals surface area contributed by atoms with Gasteiger partial charge >= 0.3 is 30.0 Å². The molecule has 1 N–H and O–H groups in total. The topological polar surface area (TPSA) is 237 Å². The van der Waals surface area contributed by atoms with Crippen LogP contribution in [0.3, 0.4) is 0 Å². The average Bonchev–Trinajstić information content (AvgIpc) is 3.89. The molecule has 4 heterocycles. The lowest BCUT2D eigenvalue weighted by atomic mass is 9.92. The lowest BCUT2D eigenvalue weighted by Crippen LogP contribution is -2.59. The summed E-state index contributed by atoms with van der Waals surface area (Å²) in [7, 11) is 0. The standard InChI is InChI=1S/C41H39Cl2N5O16/c1-21(49)58-55-20-34-37(62-59-22(2)50)38(63-60-23(3)51)39(64-61-24(4)52)40(57-34)48-18-28(45-46-48)19-54-29-10-5-25(6-11-29)36-35-31(32-17-27(43)9-14-33(32)44-35)15-16-47(36)41(53)56-30-12-7-26(42)8-13-30/h5-14,17-18,34,36-40,44H,15-16,19-20H2,1-4H3/t34?,36-,37?,38?,39?,40?/m0/s1. The average molecular weight is 929 g/mol. The second kappa shape index (κ2) is 20.5. The number of nitrogens with one attached hydrogen (secondary N) is 1. The summed E-state index contributed by atoms with van der Waals surface area (Å²) in [6.45, 7) is 3.90. The number of benzene rings is 3. The number of hydrogen-bond acceptors (Lipinski definition) is 18. The van der Waals surface area contributed by atoms with Gasteiger partial charge in [0.2, 0.25) is 0 Å². The van der Waals surface area contributed by atoms with Crippen LogP contribution in [0.15, 0.2) is 72.9 Å². The molecule has 0 radical (unpaired) electrons. The highest BCUT2D eigenvalue weighted by Crippen LogP contribution is 2.40. The van der Waals surface area contributed by atoms with Gasteiger partial charge in [0.25, 0.3) is 0 Å². The zero-order chi connectivity index (χ0) is 45.5. The fourth-order valence-electron chi connectivity index (χ4n) is 7.00. The molecule has 1 saturated heterocycles. The third-order valence-electron chi connectivity index (χ3n) is 9.59. The highest BCUT2D eigenvalue weighted by molar-refractivity contribution is 6.31. The molecule has 3 aromatic carbocycles. The molecule has 5 aromatic rings. The van der Waals surface area contributed by atoms with Gasteiger partial charge in [-0.2, -0.15) is 19.6 Å². The van der Waals surface area contributed by atoms with Gasteiger partial charge in [0.05, 0.1) is 6.20 Å². The van der Waals surface area contributed by atoms with Gasteiger partial charge < -0.3 is 19.2 Å². The third-order valence-corrected chi connectivity index (χ3v) is 10.1. The second-order valence-corrected chi connectivity index (χ2v) is 15.1. The van der Waals surface area contributed by atoms with Crippen LogP contribution in [0.4, 0.5) is 4.79 Å². The lowest BCUT2D eigenvalue weighted by Gasteiger charge is -2.42. The number of nitrogens with zero attached hydrogens (tertiary/aromatic N) is 4. The highest BCUT2D eigenvalue weighted by atomic mass is 35.5. The van der Waals surface area contributed by atoms with E-state index in [1.165, 1.54) is 6.20 Å². The molecular formula is C41H39Cl2N5O16. The number of rotatable bonds is 15. The minimum Gasteiger partial charge on any atom is -0.487 e. The molecule has 21 nitrogen and oxygen atoms in total. The van der Waals surface area contributed by atoms with E-state index in [2.05, 4.69) is 20.2 Å². The van der Waals surface area contributed by atoms with Crippen LogP contribution in [-0.4, -0.2) is 92.4 Å². The van der Waals surface area contributed by atoms with E-state index in [4.69, 9.17) is 71.6 Å². The molecule has 2 aliphatic heterocycles. The van der Waals surface area contributed by atoms with Crippen LogP contribution in [0.2, 0.25) is 10.0 Å². The van der Waals surface area contributed by atoms with Gasteiger partial charge in [-0.1, -0.05) is 40.5 Å². The Bertz CT molecular complexity index is 2480. The van der Waals surface area contributed by atoms with Gasteiger partial charge in [-0.25, -0.2) is 28.7 Å². The molecule has 64 heavy (non-hydrogen) atoms. The van der Waals surface area contributed by atoms with Gasteiger partial charge in [-0.3, -0.25) is 24.5 Å². The molecule has 0 spiro atoms. The number of aromatic amines is 1. The molecule has 1 amide bonds. The number of halogens is 2. The van der Waals surface area contributed by atoms with Crippen molar-refractivity contribution in [1.82, 2.24) is 24.9 Å². The second-order valence-electron chi connectivity index (χ2n) is 14.3. The van der Waals surface area contributed by atoms with Crippen LogP contribution < -0.4 is 9.47 Å². The maximum absolute atomic E-state index is 13.8. The van der Waals surface area contributed by atoms with Gasteiger partial charge in [-0.15, -0.1) is 5.10 Å². The van der Waals surface area contributed by atoms with Crippen LogP contribution in [0.25, 0.3) is 10.9 Å². The first-order valence-electron chi connectivity index (χ1n) is 19.4. The molecule has 23 heteroatoms. The summed E-state index contributed by atoms with van der Waals surface area (Å²) in [5.74, 6) is -2.71. The Labute approximate surface area is 372 Å².